The first-order valence-corrected chi connectivity index (χ1v) is 5.06. The highest BCUT2D eigenvalue weighted by Gasteiger charge is 2.15. The van der Waals surface area contributed by atoms with E-state index in [4.69, 9.17) is 11.6 Å². The summed E-state index contributed by atoms with van der Waals surface area (Å²) < 4.78 is 1.20. The van der Waals surface area contributed by atoms with E-state index in [0.29, 0.717) is 13.1 Å². The maximum absolute atomic E-state index is 10.4. The van der Waals surface area contributed by atoms with E-state index in [1.54, 1.807) is 6.07 Å². The molecular formula is C6H2BrClINO2. The number of hydrogen-bond donors (Lipinski definition) is 0. The summed E-state index contributed by atoms with van der Waals surface area (Å²) in [4.78, 5) is 9.99. The summed E-state index contributed by atoms with van der Waals surface area (Å²) in [6.07, 6.45) is 0. The lowest BCUT2D eigenvalue weighted by Gasteiger charge is -1.98. The molecule has 0 saturated heterocycles. The van der Waals surface area contributed by atoms with Crippen molar-refractivity contribution in [2.75, 3.05) is 0 Å². The van der Waals surface area contributed by atoms with E-state index >= 15 is 0 Å². The number of nitro groups is 1. The van der Waals surface area contributed by atoms with Gasteiger partial charge in [-0.15, -0.1) is 0 Å². The fourth-order valence-corrected chi connectivity index (χ4v) is 1.98. The van der Waals surface area contributed by atoms with E-state index in [1.807, 2.05) is 22.6 Å². The van der Waals surface area contributed by atoms with E-state index < -0.39 is 4.92 Å². The van der Waals surface area contributed by atoms with Crippen molar-refractivity contribution in [3.63, 3.8) is 0 Å². The van der Waals surface area contributed by atoms with Gasteiger partial charge in [-0.1, -0.05) is 11.6 Å². The number of nitrogens with zero attached hydrogens (tertiary/aromatic N) is 1. The molecule has 0 atom stereocenters. The quantitative estimate of drug-likeness (QED) is 0.331. The van der Waals surface area contributed by atoms with Crippen molar-refractivity contribution in [3.8, 4) is 0 Å². The third kappa shape index (κ3) is 2.08. The topological polar surface area (TPSA) is 43.1 Å². The number of nitro benzene ring substituents is 1. The van der Waals surface area contributed by atoms with Crippen LogP contribution >= 0.6 is 50.1 Å². The zero-order valence-corrected chi connectivity index (χ0v) is 10.1. The number of hydrogen-bond acceptors (Lipinski definition) is 2. The Kier molecular flexibility index (Phi) is 3.30. The zero-order chi connectivity index (χ0) is 9.30. The molecule has 3 nitrogen and oxygen atoms in total. The van der Waals surface area contributed by atoms with Crippen LogP contribution in [0.25, 0.3) is 0 Å². The molecule has 0 fully saturated rings. The van der Waals surface area contributed by atoms with E-state index in [1.165, 1.54) is 6.07 Å². The zero-order valence-electron chi connectivity index (χ0n) is 5.55. The molecule has 64 valence electrons. The molecule has 0 aliphatic rings. The first-order valence-electron chi connectivity index (χ1n) is 2.81. The Morgan fingerprint density at radius 3 is 2.67 bits per heavy atom. The normalized spacial score (nSPS) is 9.92. The lowest BCUT2D eigenvalue weighted by atomic mass is 10.3. The van der Waals surface area contributed by atoms with Crippen LogP contribution in [0.5, 0.6) is 0 Å². The first kappa shape index (κ1) is 10.2. The number of benzene rings is 1. The van der Waals surface area contributed by atoms with Gasteiger partial charge in [-0.3, -0.25) is 10.1 Å². The van der Waals surface area contributed by atoms with Gasteiger partial charge in [-0.2, -0.15) is 0 Å². The smallest absolute Gasteiger partial charge is 0.258 e. The molecule has 0 spiro atoms. The summed E-state index contributed by atoms with van der Waals surface area (Å²) in [5.74, 6) is 0. The summed E-state index contributed by atoms with van der Waals surface area (Å²) in [6.45, 7) is 0. The van der Waals surface area contributed by atoms with E-state index in [-0.39, 0.29) is 5.69 Å². The first-order chi connectivity index (χ1) is 5.52. The Morgan fingerprint density at radius 1 is 1.58 bits per heavy atom. The van der Waals surface area contributed by atoms with Crippen LogP contribution in [0, 0.1) is 13.7 Å². The standard InChI is InChI=1S/C6H2BrClINO2/c7-4-1-3(8)2-5(6(4)9)10(11)12/h1-2H. The molecule has 0 unspecified atom stereocenters. The molecule has 0 N–H and O–H groups in total. The lowest BCUT2D eigenvalue weighted by Crippen LogP contribution is -1.91. The average molecular weight is 362 g/mol. The van der Waals surface area contributed by atoms with Crippen molar-refractivity contribution in [3.05, 3.63) is 35.3 Å². The molecule has 0 heterocycles. The molecule has 1 aromatic carbocycles. The van der Waals surface area contributed by atoms with Crippen LogP contribution in [0.4, 0.5) is 5.69 Å². The Hall–Kier alpha value is 0.120. The molecule has 0 saturated carbocycles. The van der Waals surface area contributed by atoms with Gasteiger partial charge in [0, 0.05) is 15.6 Å². The van der Waals surface area contributed by atoms with Crippen molar-refractivity contribution >= 4 is 55.8 Å². The van der Waals surface area contributed by atoms with Gasteiger partial charge in [0.1, 0.15) is 3.57 Å². The largest absolute Gasteiger partial charge is 0.285 e. The Labute approximate surface area is 95.5 Å². The van der Waals surface area contributed by atoms with Crippen LogP contribution in [-0.2, 0) is 0 Å². The van der Waals surface area contributed by atoms with Gasteiger partial charge in [0.25, 0.3) is 5.69 Å². The summed E-state index contributed by atoms with van der Waals surface area (Å²) in [5, 5.41) is 10.8. The molecule has 12 heavy (non-hydrogen) atoms. The van der Waals surface area contributed by atoms with E-state index in [9.17, 15) is 10.1 Å². The Bertz CT molecular complexity index is 345. The summed E-state index contributed by atoms with van der Waals surface area (Å²) in [7, 11) is 0. The van der Waals surface area contributed by atoms with Crippen molar-refractivity contribution in [2.45, 2.75) is 0 Å². The molecule has 0 aromatic heterocycles. The lowest BCUT2D eigenvalue weighted by molar-refractivity contribution is -0.385. The van der Waals surface area contributed by atoms with Crippen molar-refractivity contribution in [1.82, 2.24) is 0 Å². The summed E-state index contributed by atoms with van der Waals surface area (Å²) in [5.41, 5.74) is 0.0231. The van der Waals surface area contributed by atoms with Gasteiger partial charge in [-0.05, 0) is 44.6 Å². The minimum Gasteiger partial charge on any atom is -0.258 e. The van der Waals surface area contributed by atoms with E-state index in [2.05, 4.69) is 15.9 Å². The molecule has 0 bridgehead atoms. The summed E-state index contributed by atoms with van der Waals surface area (Å²) >= 11 is 10.7. The monoisotopic (exact) mass is 361 g/mol. The third-order valence-electron chi connectivity index (χ3n) is 1.17. The second kappa shape index (κ2) is 3.89. The van der Waals surface area contributed by atoms with Crippen LogP contribution in [0.3, 0.4) is 0 Å². The molecule has 0 radical (unpaired) electrons. The molecule has 0 aliphatic heterocycles. The average Bonchev–Trinajstić information content (AvgIpc) is 1.96. The second-order valence-corrected chi connectivity index (χ2v) is 4.35. The number of halogens is 3. The van der Waals surface area contributed by atoms with Gasteiger partial charge >= 0.3 is 0 Å². The highest BCUT2D eigenvalue weighted by molar-refractivity contribution is 14.1. The van der Waals surface area contributed by atoms with Crippen molar-refractivity contribution in [2.24, 2.45) is 0 Å². The predicted octanol–water partition coefficient (Wildman–Crippen LogP) is 3.62. The fourth-order valence-electron chi connectivity index (χ4n) is 0.675. The number of rotatable bonds is 1. The maximum Gasteiger partial charge on any atom is 0.285 e. The molecular weight excluding hydrogens is 360 g/mol. The van der Waals surface area contributed by atoms with Crippen LogP contribution in [0.1, 0.15) is 0 Å². The van der Waals surface area contributed by atoms with Crippen molar-refractivity contribution < 1.29 is 4.92 Å². The second-order valence-electron chi connectivity index (χ2n) is 1.98. The molecule has 6 heteroatoms. The molecule has 1 rings (SSSR count). The Morgan fingerprint density at radius 2 is 2.17 bits per heavy atom. The minimum absolute atomic E-state index is 0.0231. The highest BCUT2D eigenvalue weighted by Crippen LogP contribution is 2.31. The Balaban J connectivity index is 3.37. The summed E-state index contributed by atoms with van der Waals surface area (Å²) in [6, 6.07) is 2.95. The van der Waals surface area contributed by atoms with Gasteiger partial charge in [0.2, 0.25) is 0 Å². The van der Waals surface area contributed by atoms with E-state index in [0.717, 1.165) is 0 Å². The van der Waals surface area contributed by atoms with Crippen LogP contribution in [0.2, 0.25) is 5.02 Å². The van der Waals surface area contributed by atoms with Gasteiger partial charge in [-0.25, -0.2) is 0 Å². The minimum atomic E-state index is -0.460. The van der Waals surface area contributed by atoms with Crippen LogP contribution in [-0.4, -0.2) is 4.92 Å². The maximum atomic E-state index is 10.4. The predicted molar refractivity (Wildman–Crippen MR) is 58.5 cm³/mol. The molecule has 0 aliphatic carbocycles. The molecule has 1 aromatic rings. The van der Waals surface area contributed by atoms with Crippen LogP contribution < -0.4 is 0 Å². The van der Waals surface area contributed by atoms with Gasteiger partial charge < -0.3 is 0 Å². The fraction of sp³-hybridized carbons (Fsp3) is 0. The third-order valence-corrected chi connectivity index (χ3v) is 3.89. The molecule has 0 amide bonds. The van der Waals surface area contributed by atoms with Crippen LogP contribution in [0.15, 0.2) is 16.6 Å². The van der Waals surface area contributed by atoms with Crippen molar-refractivity contribution in [1.29, 1.82) is 0 Å². The van der Waals surface area contributed by atoms with Gasteiger partial charge in [0.15, 0.2) is 0 Å². The highest BCUT2D eigenvalue weighted by atomic mass is 127. The SMILES string of the molecule is O=[N+]([O-])c1cc(Cl)cc(Br)c1I. The van der Waals surface area contributed by atoms with Gasteiger partial charge in [0.05, 0.1) is 4.92 Å².